The lowest BCUT2D eigenvalue weighted by atomic mass is 9.92. The highest BCUT2D eigenvalue weighted by Gasteiger charge is 2.25. The lowest BCUT2D eigenvalue weighted by Crippen LogP contribution is -2.44. The predicted octanol–water partition coefficient (Wildman–Crippen LogP) is 2.06. The van der Waals surface area contributed by atoms with Gasteiger partial charge in [-0.2, -0.15) is 0 Å². The Hall–Kier alpha value is -1.55. The second-order valence-electron chi connectivity index (χ2n) is 5.80. The molecule has 1 saturated heterocycles. The molecule has 2 rings (SSSR count). The minimum Gasteiger partial charge on any atom is -0.483 e. The van der Waals surface area contributed by atoms with Crippen molar-refractivity contribution in [1.82, 2.24) is 4.90 Å². The molecule has 0 bridgehead atoms. The van der Waals surface area contributed by atoms with Crippen molar-refractivity contribution in [2.24, 2.45) is 11.8 Å². The maximum Gasteiger partial charge on any atom is 0.260 e. The summed E-state index contributed by atoms with van der Waals surface area (Å²) in [7, 11) is 0. The molecule has 4 heteroatoms. The number of hydrogen-bond donors (Lipinski definition) is 1. The first-order valence-electron chi connectivity index (χ1n) is 7.19. The maximum atomic E-state index is 12.2. The molecular weight excluding hydrogens is 254 g/mol. The van der Waals surface area contributed by atoms with Crippen LogP contribution < -0.4 is 4.74 Å². The van der Waals surface area contributed by atoms with Crippen LogP contribution in [-0.2, 0) is 11.4 Å². The van der Waals surface area contributed by atoms with Crippen molar-refractivity contribution in [1.29, 1.82) is 0 Å². The van der Waals surface area contributed by atoms with Gasteiger partial charge in [-0.25, -0.2) is 0 Å². The summed E-state index contributed by atoms with van der Waals surface area (Å²) in [4.78, 5) is 14.1. The maximum absolute atomic E-state index is 12.2. The van der Waals surface area contributed by atoms with E-state index in [0.29, 0.717) is 23.1 Å². The average molecular weight is 277 g/mol. The summed E-state index contributed by atoms with van der Waals surface area (Å²) < 4.78 is 5.56. The van der Waals surface area contributed by atoms with Gasteiger partial charge in [0, 0.05) is 18.7 Å². The van der Waals surface area contributed by atoms with E-state index in [1.54, 1.807) is 12.1 Å². The van der Waals surface area contributed by atoms with Crippen LogP contribution in [0.2, 0.25) is 0 Å². The number of carbonyl (C=O) groups excluding carboxylic acids is 1. The molecular formula is C16H23NO3. The molecule has 4 nitrogen and oxygen atoms in total. The monoisotopic (exact) mass is 277 g/mol. The van der Waals surface area contributed by atoms with Crippen LogP contribution >= 0.6 is 0 Å². The summed E-state index contributed by atoms with van der Waals surface area (Å²) in [6, 6.07) is 7.25. The molecule has 1 aromatic carbocycles. The number of piperidine rings is 1. The largest absolute Gasteiger partial charge is 0.483 e. The van der Waals surface area contributed by atoms with Crippen molar-refractivity contribution < 1.29 is 14.6 Å². The molecule has 0 spiro atoms. The summed E-state index contributed by atoms with van der Waals surface area (Å²) in [5.74, 6) is 1.71. The van der Waals surface area contributed by atoms with E-state index in [1.165, 1.54) is 6.42 Å². The van der Waals surface area contributed by atoms with Crippen LogP contribution in [0.15, 0.2) is 24.3 Å². The molecule has 0 aliphatic carbocycles. The fourth-order valence-corrected chi connectivity index (χ4v) is 2.87. The van der Waals surface area contributed by atoms with Gasteiger partial charge in [0.1, 0.15) is 5.75 Å². The molecule has 0 saturated carbocycles. The highest BCUT2D eigenvalue weighted by atomic mass is 16.5. The van der Waals surface area contributed by atoms with Crippen molar-refractivity contribution in [2.45, 2.75) is 26.9 Å². The van der Waals surface area contributed by atoms with Gasteiger partial charge in [0.2, 0.25) is 0 Å². The number of ether oxygens (including phenoxy) is 1. The van der Waals surface area contributed by atoms with Crippen molar-refractivity contribution in [3.8, 4) is 5.75 Å². The van der Waals surface area contributed by atoms with E-state index in [9.17, 15) is 9.90 Å². The summed E-state index contributed by atoms with van der Waals surface area (Å²) in [5.41, 5.74) is 0.709. The summed E-state index contributed by atoms with van der Waals surface area (Å²) in [5, 5.41) is 9.23. The van der Waals surface area contributed by atoms with Crippen LogP contribution in [0.4, 0.5) is 0 Å². The fourth-order valence-electron chi connectivity index (χ4n) is 2.87. The Kier molecular flexibility index (Phi) is 5.01. The number of aliphatic hydroxyl groups is 1. The van der Waals surface area contributed by atoms with Gasteiger partial charge in [-0.3, -0.25) is 4.79 Å². The zero-order chi connectivity index (χ0) is 14.5. The van der Waals surface area contributed by atoms with E-state index in [2.05, 4.69) is 13.8 Å². The number of amides is 1. The van der Waals surface area contributed by atoms with Crippen LogP contribution in [0.25, 0.3) is 0 Å². The molecule has 1 heterocycles. The van der Waals surface area contributed by atoms with Crippen LogP contribution in [-0.4, -0.2) is 35.6 Å². The minimum atomic E-state index is -0.0812. The molecule has 110 valence electrons. The third-order valence-corrected chi connectivity index (χ3v) is 3.72. The number of benzene rings is 1. The highest BCUT2D eigenvalue weighted by Crippen LogP contribution is 2.22. The number of carbonyl (C=O) groups is 1. The SMILES string of the molecule is CC1CC(C)CN(C(=O)COc2ccccc2CO)C1. The van der Waals surface area contributed by atoms with Crippen LogP contribution in [0, 0.1) is 11.8 Å². The standard InChI is InChI=1S/C16H23NO3/c1-12-7-13(2)9-17(8-12)16(19)11-20-15-6-4-3-5-14(15)10-18/h3-6,12-13,18H,7-11H2,1-2H3. The second-order valence-corrected chi connectivity index (χ2v) is 5.80. The lowest BCUT2D eigenvalue weighted by molar-refractivity contribution is -0.136. The zero-order valence-electron chi connectivity index (χ0n) is 12.2. The van der Waals surface area contributed by atoms with Crippen LogP contribution in [0.3, 0.4) is 0 Å². The van der Waals surface area contributed by atoms with Crippen LogP contribution in [0.1, 0.15) is 25.8 Å². The second kappa shape index (κ2) is 6.75. The molecule has 2 unspecified atom stereocenters. The molecule has 1 aliphatic heterocycles. The van der Waals surface area contributed by atoms with E-state index in [-0.39, 0.29) is 19.1 Å². The third kappa shape index (κ3) is 3.73. The Morgan fingerprint density at radius 2 is 1.95 bits per heavy atom. The van der Waals surface area contributed by atoms with Gasteiger partial charge in [-0.1, -0.05) is 32.0 Å². The van der Waals surface area contributed by atoms with Crippen molar-refractivity contribution in [3.05, 3.63) is 29.8 Å². The smallest absolute Gasteiger partial charge is 0.260 e. The van der Waals surface area contributed by atoms with Gasteiger partial charge in [0.05, 0.1) is 6.61 Å². The van der Waals surface area contributed by atoms with E-state index in [0.717, 1.165) is 13.1 Å². The Balaban J connectivity index is 1.91. The van der Waals surface area contributed by atoms with Crippen molar-refractivity contribution in [2.75, 3.05) is 19.7 Å². The Bertz CT molecular complexity index is 451. The lowest BCUT2D eigenvalue weighted by Gasteiger charge is -2.34. The normalized spacial score (nSPS) is 22.6. The van der Waals surface area contributed by atoms with E-state index >= 15 is 0 Å². The first-order valence-corrected chi connectivity index (χ1v) is 7.19. The summed E-state index contributed by atoms with van der Waals surface area (Å²) in [6.45, 7) is 5.94. The van der Waals surface area contributed by atoms with E-state index < -0.39 is 0 Å². The summed E-state index contributed by atoms with van der Waals surface area (Å²) >= 11 is 0. The third-order valence-electron chi connectivity index (χ3n) is 3.72. The first kappa shape index (κ1) is 14.9. The number of likely N-dealkylation sites (tertiary alicyclic amines) is 1. The molecule has 0 aromatic heterocycles. The zero-order valence-corrected chi connectivity index (χ0v) is 12.2. The highest BCUT2D eigenvalue weighted by molar-refractivity contribution is 5.78. The number of nitrogens with zero attached hydrogens (tertiary/aromatic N) is 1. The minimum absolute atomic E-state index is 0.0242. The molecule has 1 aliphatic rings. The van der Waals surface area contributed by atoms with Crippen molar-refractivity contribution in [3.63, 3.8) is 0 Å². The van der Waals surface area contributed by atoms with Gasteiger partial charge in [-0.05, 0) is 24.3 Å². The molecule has 0 radical (unpaired) electrons. The molecule has 1 N–H and O–H groups in total. The van der Waals surface area contributed by atoms with Gasteiger partial charge < -0.3 is 14.7 Å². The van der Waals surface area contributed by atoms with Crippen LogP contribution in [0.5, 0.6) is 5.75 Å². The quantitative estimate of drug-likeness (QED) is 0.916. The van der Waals surface area contributed by atoms with Gasteiger partial charge in [-0.15, -0.1) is 0 Å². The predicted molar refractivity (Wildman–Crippen MR) is 77.4 cm³/mol. The molecule has 20 heavy (non-hydrogen) atoms. The molecule has 1 amide bonds. The molecule has 2 atom stereocenters. The van der Waals surface area contributed by atoms with Gasteiger partial charge in [0.25, 0.3) is 5.91 Å². The number of hydrogen-bond acceptors (Lipinski definition) is 3. The molecule has 1 aromatic rings. The topological polar surface area (TPSA) is 49.8 Å². The van der Waals surface area contributed by atoms with Gasteiger partial charge in [0.15, 0.2) is 6.61 Å². The van der Waals surface area contributed by atoms with Crippen molar-refractivity contribution >= 4 is 5.91 Å². The summed E-state index contributed by atoms with van der Waals surface area (Å²) in [6.07, 6.45) is 1.18. The Morgan fingerprint density at radius 1 is 1.30 bits per heavy atom. The van der Waals surface area contributed by atoms with E-state index in [4.69, 9.17) is 4.74 Å². The number of rotatable bonds is 4. The van der Waals surface area contributed by atoms with Gasteiger partial charge >= 0.3 is 0 Å². The fraction of sp³-hybridized carbons (Fsp3) is 0.562. The number of aliphatic hydroxyl groups excluding tert-OH is 1. The molecule has 1 fully saturated rings. The first-order chi connectivity index (χ1) is 9.60. The average Bonchev–Trinajstić information content (AvgIpc) is 2.44. The van der Waals surface area contributed by atoms with E-state index in [1.807, 2.05) is 17.0 Å². The number of para-hydroxylation sites is 1. The Labute approximate surface area is 120 Å². The Morgan fingerprint density at radius 3 is 2.60 bits per heavy atom.